The molecule has 0 aliphatic heterocycles. The second kappa shape index (κ2) is 8.48. The van der Waals surface area contributed by atoms with Crippen LogP contribution in [-0.2, 0) is 14.3 Å². The van der Waals surface area contributed by atoms with E-state index in [1.165, 1.54) is 39.2 Å². The smallest absolute Gasteiger partial charge is 0.308 e. The van der Waals surface area contributed by atoms with E-state index in [0.717, 1.165) is 6.42 Å². The van der Waals surface area contributed by atoms with E-state index in [1.807, 2.05) is 6.92 Å². The number of aliphatic hydroxyl groups is 1. The van der Waals surface area contributed by atoms with Gasteiger partial charge in [-0.2, -0.15) is 0 Å². The zero-order valence-corrected chi connectivity index (χ0v) is 11.6. The molecular formula is C14H26O4. The monoisotopic (exact) mass is 258 g/mol. The van der Waals surface area contributed by atoms with Gasteiger partial charge in [0.1, 0.15) is 12.7 Å². The van der Waals surface area contributed by atoms with Crippen LogP contribution in [0.1, 0.15) is 45.4 Å². The summed E-state index contributed by atoms with van der Waals surface area (Å²) in [6, 6.07) is 0. The van der Waals surface area contributed by atoms with Crippen molar-refractivity contribution in [3.8, 4) is 0 Å². The maximum atomic E-state index is 11.8. The molecule has 1 fully saturated rings. The number of hydrogen-bond donors (Lipinski definition) is 1. The molecule has 0 amide bonds. The second-order valence-electron chi connectivity index (χ2n) is 5.38. The summed E-state index contributed by atoms with van der Waals surface area (Å²) in [5.74, 6) is 0.406. The van der Waals surface area contributed by atoms with Gasteiger partial charge in [0.05, 0.1) is 12.5 Å². The number of carbonyl (C=O) groups excluding carboxylic acids is 1. The van der Waals surface area contributed by atoms with E-state index in [9.17, 15) is 9.90 Å². The van der Waals surface area contributed by atoms with Crippen LogP contribution in [0.5, 0.6) is 0 Å². The fraction of sp³-hybridized carbons (Fsp3) is 0.929. The topological polar surface area (TPSA) is 55.8 Å². The third-order valence-corrected chi connectivity index (χ3v) is 3.59. The highest BCUT2D eigenvalue weighted by atomic mass is 16.5. The van der Waals surface area contributed by atoms with E-state index in [0.29, 0.717) is 5.92 Å². The first-order chi connectivity index (χ1) is 8.63. The summed E-state index contributed by atoms with van der Waals surface area (Å²) in [6.07, 6.45) is 6.59. The van der Waals surface area contributed by atoms with E-state index in [1.54, 1.807) is 0 Å². The Morgan fingerprint density at radius 3 is 2.56 bits per heavy atom. The molecule has 106 valence electrons. The first-order valence-corrected chi connectivity index (χ1v) is 6.97. The molecule has 4 nitrogen and oxygen atoms in total. The normalized spacial score (nSPS) is 20.4. The Kier molecular flexibility index (Phi) is 7.28. The van der Waals surface area contributed by atoms with E-state index < -0.39 is 6.10 Å². The lowest BCUT2D eigenvalue weighted by Gasteiger charge is -2.24. The largest absolute Gasteiger partial charge is 0.463 e. The molecule has 0 spiro atoms. The Morgan fingerprint density at radius 2 is 1.94 bits per heavy atom. The van der Waals surface area contributed by atoms with Gasteiger partial charge in [0.15, 0.2) is 0 Å². The Morgan fingerprint density at radius 1 is 1.28 bits per heavy atom. The number of methoxy groups -OCH3 is 1. The Labute approximate surface area is 110 Å². The van der Waals surface area contributed by atoms with Gasteiger partial charge in [-0.3, -0.25) is 4.79 Å². The van der Waals surface area contributed by atoms with Gasteiger partial charge in [0.2, 0.25) is 0 Å². The van der Waals surface area contributed by atoms with Crippen LogP contribution < -0.4 is 0 Å². The van der Waals surface area contributed by atoms with Crippen molar-refractivity contribution >= 4 is 5.97 Å². The minimum Gasteiger partial charge on any atom is -0.463 e. The van der Waals surface area contributed by atoms with Crippen LogP contribution in [0, 0.1) is 11.8 Å². The molecule has 0 radical (unpaired) electrons. The number of ether oxygens (including phenoxy) is 2. The van der Waals surface area contributed by atoms with Gasteiger partial charge in [0.25, 0.3) is 0 Å². The van der Waals surface area contributed by atoms with Crippen molar-refractivity contribution in [3.63, 3.8) is 0 Å². The molecule has 1 N–H and O–H groups in total. The van der Waals surface area contributed by atoms with Crippen LogP contribution >= 0.6 is 0 Å². The molecule has 1 rings (SSSR count). The average molecular weight is 258 g/mol. The summed E-state index contributed by atoms with van der Waals surface area (Å²) >= 11 is 0. The van der Waals surface area contributed by atoms with E-state index in [2.05, 4.69) is 0 Å². The highest BCUT2D eigenvalue weighted by Gasteiger charge is 2.22. The zero-order chi connectivity index (χ0) is 13.4. The molecule has 2 atom stereocenters. The lowest BCUT2D eigenvalue weighted by atomic mass is 9.83. The lowest BCUT2D eigenvalue weighted by Crippen LogP contribution is -2.26. The maximum absolute atomic E-state index is 11.8. The molecule has 0 heterocycles. The van der Waals surface area contributed by atoms with Gasteiger partial charge in [0, 0.05) is 7.11 Å². The van der Waals surface area contributed by atoms with Gasteiger partial charge < -0.3 is 14.6 Å². The molecule has 0 bridgehead atoms. The summed E-state index contributed by atoms with van der Waals surface area (Å²) in [7, 11) is 1.51. The third-order valence-electron chi connectivity index (χ3n) is 3.59. The summed E-state index contributed by atoms with van der Waals surface area (Å²) in [5, 5.41) is 9.40. The predicted molar refractivity (Wildman–Crippen MR) is 69.2 cm³/mol. The predicted octanol–water partition coefficient (Wildman–Crippen LogP) is 2.14. The van der Waals surface area contributed by atoms with E-state index in [4.69, 9.17) is 9.47 Å². The summed E-state index contributed by atoms with van der Waals surface area (Å²) in [6.45, 7) is 2.14. The van der Waals surface area contributed by atoms with Gasteiger partial charge in [-0.25, -0.2) is 0 Å². The summed E-state index contributed by atoms with van der Waals surface area (Å²) < 4.78 is 9.87. The average Bonchev–Trinajstić information content (AvgIpc) is 2.37. The van der Waals surface area contributed by atoms with E-state index >= 15 is 0 Å². The Bertz CT molecular complexity index is 236. The van der Waals surface area contributed by atoms with Gasteiger partial charge >= 0.3 is 5.97 Å². The fourth-order valence-electron chi connectivity index (χ4n) is 2.58. The maximum Gasteiger partial charge on any atom is 0.308 e. The third kappa shape index (κ3) is 5.83. The van der Waals surface area contributed by atoms with Crippen molar-refractivity contribution in [2.24, 2.45) is 11.8 Å². The molecule has 2 unspecified atom stereocenters. The molecule has 18 heavy (non-hydrogen) atoms. The molecule has 0 saturated heterocycles. The van der Waals surface area contributed by atoms with Crippen molar-refractivity contribution in [2.45, 2.75) is 51.6 Å². The van der Waals surface area contributed by atoms with Gasteiger partial charge in [-0.1, -0.05) is 39.0 Å². The van der Waals surface area contributed by atoms with Crippen LogP contribution in [0.2, 0.25) is 0 Å². The lowest BCUT2D eigenvalue weighted by molar-refractivity contribution is -0.152. The van der Waals surface area contributed by atoms with Crippen LogP contribution in [0.3, 0.4) is 0 Å². The van der Waals surface area contributed by atoms with Gasteiger partial charge in [-0.05, 0) is 12.3 Å². The fourth-order valence-corrected chi connectivity index (χ4v) is 2.58. The second-order valence-corrected chi connectivity index (χ2v) is 5.38. The highest BCUT2D eigenvalue weighted by molar-refractivity contribution is 5.71. The number of carbonyl (C=O) groups is 1. The van der Waals surface area contributed by atoms with Crippen molar-refractivity contribution in [3.05, 3.63) is 0 Å². The van der Waals surface area contributed by atoms with Crippen molar-refractivity contribution in [1.82, 2.24) is 0 Å². The number of hydrogen-bond acceptors (Lipinski definition) is 4. The highest BCUT2D eigenvalue weighted by Crippen LogP contribution is 2.29. The minimum atomic E-state index is -0.721. The molecule has 0 aromatic carbocycles. The summed E-state index contributed by atoms with van der Waals surface area (Å²) in [5.41, 5.74) is 0. The minimum absolute atomic E-state index is 0.0294. The molecule has 1 saturated carbocycles. The molecular weight excluding hydrogens is 232 g/mol. The summed E-state index contributed by atoms with van der Waals surface area (Å²) in [4.78, 5) is 11.8. The standard InChI is InChI=1S/C14H26O4/c1-11(8-12-6-4-3-5-7-12)14(16)18-10-13(15)9-17-2/h11-13,15H,3-10H2,1-2H3. The molecule has 0 aromatic rings. The first kappa shape index (κ1) is 15.4. The number of rotatable bonds is 7. The van der Waals surface area contributed by atoms with Crippen molar-refractivity contribution in [1.29, 1.82) is 0 Å². The van der Waals surface area contributed by atoms with Crippen molar-refractivity contribution in [2.75, 3.05) is 20.3 Å². The molecule has 1 aliphatic carbocycles. The number of esters is 1. The van der Waals surface area contributed by atoms with Crippen LogP contribution in [-0.4, -0.2) is 37.5 Å². The van der Waals surface area contributed by atoms with Gasteiger partial charge in [-0.15, -0.1) is 0 Å². The quantitative estimate of drug-likeness (QED) is 0.711. The van der Waals surface area contributed by atoms with E-state index in [-0.39, 0.29) is 25.1 Å². The molecule has 4 heteroatoms. The molecule has 1 aliphatic rings. The Hall–Kier alpha value is -0.610. The number of aliphatic hydroxyl groups excluding tert-OH is 1. The van der Waals surface area contributed by atoms with Crippen LogP contribution in [0.25, 0.3) is 0 Å². The Balaban J connectivity index is 2.19. The first-order valence-electron chi connectivity index (χ1n) is 6.97. The SMILES string of the molecule is COCC(O)COC(=O)C(C)CC1CCCCC1. The van der Waals surface area contributed by atoms with Crippen molar-refractivity contribution < 1.29 is 19.4 Å². The zero-order valence-electron chi connectivity index (χ0n) is 11.6. The van der Waals surface area contributed by atoms with Crippen LogP contribution in [0.4, 0.5) is 0 Å². The molecule has 0 aromatic heterocycles. The van der Waals surface area contributed by atoms with Crippen LogP contribution in [0.15, 0.2) is 0 Å².